The van der Waals surface area contributed by atoms with Crippen molar-refractivity contribution in [3.8, 4) is 6.07 Å². The largest absolute Gasteiger partial charge is 0.394 e. The van der Waals surface area contributed by atoms with Crippen LogP contribution in [0.3, 0.4) is 0 Å². The zero-order chi connectivity index (χ0) is 27.0. The number of anilines is 2. The van der Waals surface area contributed by atoms with Gasteiger partial charge in [0.05, 0.1) is 46.2 Å². The van der Waals surface area contributed by atoms with Crippen molar-refractivity contribution in [2.24, 2.45) is 5.41 Å². The third-order valence-corrected chi connectivity index (χ3v) is 7.25. The van der Waals surface area contributed by atoms with E-state index in [4.69, 9.17) is 11.6 Å². The number of aliphatic hydroxyl groups is 1. The monoisotopic (exact) mass is 535 g/mol. The minimum absolute atomic E-state index is 0.110. The Labute approximate surface area is 226 Å². The molecular weight excluding hydrogens is 505 g/mol. The summed E-state index contributed by atoms with van der Waals surface area (Å²) in [5, 5.41) is 29.9. The molecule has 1 aliphatic carbocycles. The van der Waals surface area contributed by atoms with Crippen LogP contribution < -0.4 is 21.6 Å². The molecule has 0 radical (unpaired) electrons. The smallest absolute Gasteiger partial charge is 0.123 e. The van der Waals surface area contributed by atoms with Gasteiger partial charge in [0, 0.05) is 29.5 Å². The number of rotatable bonds is 8. The van der Waals surface area contributed by atoms with E-state index in [-0.39, 0.29) is 29.9 Å². The first kappa shape index (κ1) is 26.0. The molecule has 2 atom stereocenters. The van der Waals surface area contributed by atoms with Gasteiger partial charge in [-0.3, -0.25) is 9.99 Å². The molecule has 38 heavy (non-hydrogen) atoms. The molecular formula is C28H31ClFN7O. The van der Waals surface area contributed by atoms with Gasteiger partial charge in [-0.25, -0.2) is 4.39 Å². The second-order valence-corrected chi connectivity index (χ2v) is 11.3. The lowest BCUT2D eigenvalue weighted by atomic mass is 9.87. The molecule has 0 saturated heterocycles. The van der Waals surface area contributed by atoms with Crippen molar-refractivity contribution >= 4 is 33.9 Å². The summed E-state index contributed by atoms with van der Waals surface area (Å²) in [4.78, 5) is 4.44. The van der Waals surface area contributed by atoms with Gasteiger partial charge in [0.15, 0.2) is 0 Å². The molecule has 1 saturated carbocycles. The Hall–Kier alpha value is -3.58. The first-order valence-electron chi connectivity index (χ1n) is 12.6. The van der Waals surface area contributed by atoms with Crippen LogP contribution in [0.4, 0.5) is 15.8 Å². The van der Waals surface area contributed by atoms with Crippen LogP contribution in [0.15, 0.2) is 54.5 Å². The van der Waals surface area contributed by atoms with Crippen LogP contribution in [0.1, 0.15) is 50.8 Å². The topological polar surface area (TPSA) is 108 Å². The van der Waals surface area contributed by atoms with Gasteiger partial charge in [-0.2, -0.15) is 5.26 Å². The number of halogens is 2. The van der Waals surface area contributed by atoms with Crippen molar-refractivity contribution in [3.05, 3.63) is 76.5 Å². The molecule has 2 aromatic carbocycles. The second kappa shape index (κ2) is 10.3. The van der Waals surface area contributed by atoms with Gasteiger partial charge < -0.3 is 21.2 Å². The van der Waals surface area contributed by atoms with Crippen LogP contribution >= 0.6 is 11.6 Å². The number of hydrogen-bond donors (Lipinski definition) is 5. The lowest BCUT2D eigenvalue weighted by molar-refractivity contribution is 0.202. The van der Waals surface area contributed by atoms with E-state index in [2.05, 4.69) is 32.6 Å². The Morgan fingerprint density at radius 2 is 1.97 bits per heavy atom. The Morgan fingerprint density at radius 1 is 1.24 bits per heavy atom. The number of fused-ring (bicyclic) bond motifs is 1. The van der Waals surface area contributed by atoms with E-state index in [1.807, 2.05) is 38.0 Å². The summed E-state index contributed by atoms with van der Waals surface area (Å²) in [6, 6.07) is 12.1. The van der Waals surface area contributed by atoms with Gasteiger partial charge in [0.25, 0.3) is 0 Å². The van der Waals surface area contributed by atoms with Crippen LogP contribution in [0.5, 0.6) is 0 Å². The highest BCUT2D eigenvalue weighted by atomic mass is 35.5. The van der Waals surface area contributed by atoms with Gasteiger partial charge in [-0.1, -0.05) is 44.5 Å². The highest BCUT2D eigenvalue weighted by molar-refractivity contribution is 6.35. The summed E-state index contributed by atoms with van der Waals surface area (Å²) in [5.41, 5.74) is 10.1. The molecule has 0 amide bonds. The lowest BCUT2D eigenvalue weighted by Gasteiger charge is -2.31. The van der Waals surface area contributed by atoms with E-state index in [9.17, 15) is 14.8 Å². The van der Waals surface area contributed by atoms with Gasteiger partial charge in [0.1, 0.15) is 11.9 Å². The minimum Gasteiger partial charge on any atom is -0.394 e. The molecule has 0 spiro atoms. The Morgan fingerprint density at radius 3 is 2.61 bits per heavy atom. The fraction of sp³-hybridized carbons (Fsp3) is 0.357. The highest BCUT2D eigenvalue weighted by Gasteiger charge is 2.32. The number of aliphatic hydroxyl groups excluding tert-OH is 1. The highest BCUT2D eigenvalue weighted by Crippen LogP contribution is 2.37. The molecule has 10 heteroatoms. The van der Waals surface area contributed by atoms with Gasteiger partial charge in [0.2, 0.25) is 0 Å². The number of benzene rings is 2. The molecule has 1 fully saturated rings. The molecule has 1 unspecified atom stereocenters. The van der Waals surface area contributed by atoms with Crippen molar-refractivity contribution < 1.29 is 9.50 Å². The van der Waals surface area contributed by atoms with E-state index >= 15 is 0 Å². The number of pyridine rings is 1. The van der Waals surface area contributed by atoms with E-state index < -0.39 is 0 Å². The molecule has 2 aliphatic rings. The maximum absolute atomic E-state index is 13.7. The molecule has 5 rings (SSSR count). The maximum Gasteiger partial charge on any atom is 0.123 e. The first-order chi connectivity index (χ1) is 18.2. The number of hydrogen-bond acceptors (Lipinski definition) is 8. The predicted molar refractivity (Wildman–Crippen MR) is 147 cm³/mol. The van der Waals surface area contributed by atoms with Crippen molar-refractivity contribution in [2.45, 2.75) is 51.7 Å². The van der Waals surface area contributed by atoms with Crippen molar-refractivity contribution in [1.29, 1.82) is 5.26 Å². The molecule has 2 heterocycles. The average molecular weight is 536 g/mol. The van der Waals surface area contributed by atoms with Crippen molar-refractivity contribution in [3.63, 3.8) is 0 Å². The van der Waals surface area contributed by atoms with Crippen molar-refractivity contribution in [1.82, 2.24) is 21.0 Å². The number of nitrogens with one attached hydrogen (secondary N) is 4. The summed E-state index contributed by atoms with van der Waals surface area (Å²) in [7, 11) is 0. The fourth-order valence-corrected chi connectivity index (χ4v) is 4.76. The van der Waals surface area contributed by atoms with Gasteiger partial charge >= 0.3 is 0 Å². The maximum atomic E-state index is 13.7. The molecule has 0 bridgehead atoms. The second-order valence-electron chi connectivity index (χ2n) is 10.8. The molecule has 8 nitrogen and oxygen atoms in total. The summed E-state index contributed by atoms with van der Waals surface area (Å²) in [5.74, 6) is -0.310. The molecule has 1 aromatic heterocycles. The van der Waals surface area contributed by atoms with Crippen molar-refractivity contribution in [2.75, 3.05) is 17.2 Å². The standard InChI is InChI=1S/C28H31ClFN7O/c1-28(2,3)24(15-38)34-25-17(12-31)13-32-27-21(25)10-19(11-22(27)29)33-26(16-4-6-18(30)7-5-16)23-14-37(36-35-23)20-8-9-20/h4-7,10-11,13-14,20,24,26,33,35-36,38H,8-9,15H2,1-3H3,(H,32,34)/t24-,26?/m0/s1. The Bertz CT molecular complexity index is 1410. The number of aromatic nitrogens is 1. The van der Waals surface area contributed by atoms with Gasteiger partial charge in [-0.05, 0) is 48.1 Å². The third kappa shape index (κ3) is 5.34. The predicted octanol–water partition coefficient (Wildman–Crippen LogP) is 5.20. The van der Waals surface area contributed by atoms with E-state index in [1.54, 1.807) is 18.2 Å². The number of nitrogens with zero attached hydrogens (tertiary/aromatic N) is 3. The lowest BCUT2D eigenvalue weighted by Crippen LogP contribution is -2.38. The molecule has 198 valence electrons. The van der Waals surface area contributed by atoms with Crippen LogP contribution in [0.25, 0.3) is 10.9 Å². The summed E-state index contributed by atoms with van der Waals surface area (Å²) in [6.45, 7) is 5.95. The van der Waals surface area contributed by atoms with E-state index in [0.717, 1.165) is 24.1 Å². The fourth-order valence-electron chi connectivity index (χ4n) is 4.50. The number of nitriles is 1. The van der Waals surface area contributed by atoms with E-state index in [1.165, 1.54) is 18.3 Å². The zero-order valence-corrected chi connectivity index (χ0v) is 22.3. The number of hydrazine groups is 2. The summed E-state index contributed by atoms with van der Waals surface area (Å²) >= 11 is 6.71. The molecule has 1 aliphatic heterocycles. The Kier molecular flexibility index (Phi) is 7.05. The van der Waals surface area contributed by atoms with Gasteiger partial charge in [-0.15, -0.1) is 5.53 Å². The third-order valence-electron chi connectivity index (χ3n) is 6.96. The molecule has 3 aromatic rings. The van der Waals surface area contributed by atoms with Crippen LogP contribution in [0.2, 0.25) is 5.02 Å². The Balaban J connectivity index is 1.57. The van der Waals surface area contributed by atoms with Crippen LogP contribution in [-0.4, -0.2) is 33.8 Å². The van der Waals surface area contributed by atoms with E-state index in [0.29, 0.717) is 38.9 Å². The summed E-state index contributed by atoms with van der Waals surface area (Å²) in [6.07, 6.45) is 5.77. The normalized spacial score (nSPS) is 17.0. The quantitative estimate of drug-likeness (QED) is 0.268. The first-order valence-corrected chi connectivity index (χ1v) is 13.0. The summed E-state index contributed by atoms with van der Waals surface area (Å²) < 4.78 is 13.7. The van der Waals surface area contributed by atoms with Crippen LogP contribution in [0, 0.1) is 22.6 Å². The SMILES string of the molecule is CC(C)(C)[C@H](CO)Nc1c(C#N)cnc2c(Cl)cc(NC(C3=CN(C4CC4)NN3)c3ccc(F)cc3)cc12. The zero-order valence-electron chi connectivity index (χ0n) is 21.5. The van der Waals surface area contributed by atoms with Crippen LogP contribution in [-0.2, 0) is 0 Å². The minimum atomic E-state index is -0.344. The average Bonchev–Trinajstić information content (AvgIpc) is 3.62. The molecule has 5 N–H and O–H groups in total.